The summed E-state index contributed by atoms with van der Waals surface area (Å²) in [6.45, 7) is 9.34. The average Bonchev–Trinajstić information content (AvgIpc) is 3.15. The molecule has 0 saturated carbocycles. The minimum absolute atomic E-state index is 0.438. The molecule has 0 aromatic heterocycles. The molecule has 0 atom stereocenters. The van der Waals surface area contributed by atoms with Gasteiger partial charge in [-0.2, -0.15) is 0 Å². The van der Waals surface area contributed by atoms with E-state index in [-0.39, 0.29) is 0 Å². The zero-order chi connectivity index (χ0) is 33.5. The van der Waals surface area contributed by atoms with E-state index in [4.69, 9.17) is 9.47 Å². The summed E-state index contributed by atoms with van der Waals surface area (Å²) in [5.74, 6) is -0.186. The highest BCUT2D eigenvalue weighted by atomic mass is 16.5. The first kappa shape index (κ1) is 31.7. The van der Waals surface area contributed by atoms with Gasteiger partial charge in [0.2, 0.25) is 0 Å². The van der Waals surface area contributed by atoms with E-state index in [0.29, 0.717) is 11.5 Å². The Balaban J connectivity index is 1.59. The lowest BCUT2D eigenvalue weighted by Gasteiger charge is -2.33. The second-order valence-corrected chi connectivity index (χ2v) is 11.5. The van der Waals surface area contributed by atoms with Gasteiger partial charge in [0.1, 0.15) is 11.5 Å². The van der Waals surface area contributed by atoms with Crippen molar-refractivity contribution < 1.29 is 19.1 Å². The third-order valence-corrected chi connectivity index (χ3v) is 8.61. The van der Waals surface area contributed by atoms with Gasteiger partial charge in [-0.25, -0.2) is 9.59 Å². The molecule has 4 nitrogen and oxygen atoms in total. The molecule has 0 aliphatic rings. The number of hydrogen-bond acceptors (Lipinski definition) is 4. The lowest BCUT2D eigenvalue weighted by molar-refractivity contribution is -0.129. The van der Waals surface area contributed by atoms with E-state index in [1.165, 1.54) is 0 Å². The van der Waals surface area contributed by atoms with Gasteiger partial charge >= 0.3 is 11.9 Å². The average molecular weight is 627 g/mol. The highest BCUT2D eigenvalue weighted by Gasteiger charge is 2.33. The fraction of sp³-hybridized carbons (Fsp3) is 0.0455. The molecule has 0 N–H and O–H groups in total. The largest absolute Gasteiger partial charge is 0.423 e. The zero-order valence-electron chi connectivity index (χ0n) is 26.6. The molecule has 48 heavy (non-hydrogen) atoms. The predicted octanol–water partition coefficient (Wildman–Crippen LogP) is 10.2. The van der Waals surface area contributed by atoms with Crippen LogP contribution in [0.4, 0.5) is 0 Å². The van der Waals surface area contributed by atoms with Gasteiger partial charge in [-0.1, -0.05) is 141 Å². The van der Waals surface area contributed by atoms with E-state index >= 15 is 0 Å². The molecule has 4 heteroatoms. The first-order chi connectivity index (χ1) is 23.4. The minimum Gasteiger partial charge on any atom is -0.423 e. The topological polar surface area (TPSA) is 52.6 Å². The number of benzene rings is 6. The van der Waals surface area contributed by atoms with Crippen LogP contribution in [-0.4, -0.2) is 11.9 Å². The van der Waals surface area contributed by atoms with Crippen molar-refractivity contribution in [2.45, 2.75) is 12.3 Å². The fourth-order valence-electron chi connectivity index (χ4n) is 5.97. The molecule has 0 unspecified atom stereocenters. The second-order valence-electron chi connectivity index (χ2n) is 11.5. The van der Waals surface area contributed by atoms with Crippen molar-refractivity contribution in [3.8, 4) is 44.9 Å². The van der Waals surface area contributed by atoms with Crippen LogP contribution in [0.5, 0.6) is 11.5 Å². The lowest BCUT2D eigenvalue weighted by Crippen LogP contribution is -2.26. The van der Waals surface area contributed by atoms with Crippen LogP contribution in [0.15, 0.2) is 177 Å². The zero-order valence-corrected chi connectivity index (χ0v) is 26.6. The Kier molecular flexibility index (Phi) is 9.26. The number of hydrogen-bond donors (Lipinski definition) is 0. The number of esters is 2. The van der Waals surface area contributed by atoms with Crippen molar-refractivity contribution in [3.63, 3.8) is 0 Å². The van der Waals surface area contributed by atoms with Crippen LogP contribution in [0.2, 0.25) is 0 Å². The van der Waals surface area contributed by atoms with Gasteiger partial charge in [-0.15, -0.1) is 0 Å². The maximum absolute atomic E-state index is 12.4. The number of rotatable bonds is 10. The minimum atomic E-state index is -0.704. The van der Waals surface area contributed by atoms with E-state index in [0.717, 1.165) is 62.2 Å². The van der Waals surface area contributed by atoms with E-state index in [2.05, 4.69) is 68.6 Å². The SMILES string of the molecule is C=CC(=O)Oc1ccc(C(C)(c2ccc(-c3ccccc3)cc2)c2ccc(OC(=O)C=C)c(-c3ccccc3)c2)cc1-c1ccccc1. The van der Waals surface area contributed by atoms with Gasteiger partial charge in [0.25, 0.3) is 0 Å². The summed E-state index contributed by atoms with van der Waals surface area (Å²) in [7, 11) is 0. The van der Waals surface area contributed by atoms with Crippen molar-refractivity contribution >= 4 is 11.9 Å². The highest BCUT2D eigenvalue weighted by molar-refractivity contribution is 5.87. The predicted molar refractivity (Wildman–Crippen MR) is 193 cm³/mol. The van der Waals surface area contributed by atoms with Gasteiger partial charge in [-0.05, 0) is 70.1 Å². The Bertz CT molecular complexity index is 1970. The molecule has 234 valence electrons. The van der Waals surface area contributed by atoms with Gasteiger partial charge in [0.05, 0.1) is 0 Å². The standard InChI is InChI=1S/C44H34O4/c1-4-42(45)47-40-27-25-36(29-38(40)33-17-11-7-12-18-33)44(3,35-23-21-32(22-24-35)31-15-9-6-10-16-31)37-26-28-41(48-43(46)5-2)39(30-37)34-19-13-8-14-20-34/h4-30H,1-2H2,3H3. The molecule has 0 radical (unpaired) electrons. The maximum Gasteiger partial charge on any atom is 0.335 e. The van der Waals surface area contributed by atoms with Crippen molar-refractivity contribution in [3.05, 3.63) is 194 Å². The van der Waals surface area contributed by atoms with E-state index < -0.39 is 17.4 Å². The van der Waals surface area contributed by atoms with Crippen LogP contribution in [0.25, 0.3) is 33.4 Å². The monoisotopic (exact) mass is 626 g/mol. The highest BCUT2D eigenvalue weighted by Crippen LogP contribution is 2.45. The van der Waals surface area contributed by atoms with Crippen LogP contribution >= 0.6 is 0 Å². The molecule has 6 aromatic carbocycles. The maximum atomic E-state index is 12.4. The first-order valence-electron chi connectivity index (χ1n) is 15.6. The van der Waals surface area contributed by atoms with Gasteiger partial charge in [0.15, 0.2) is 0 Å². The normalized spacial score (nSPS) is 10.9. The van der Waals surface area contributed by atoms with Gasteiger partial charge < -0.3 is 9.47 Å². The van der Waals surface area contributed by atoms with Crippen molar-refractivity contribution in [2.24, 2.45) is 0 Å². The summed E-state index contributed by atoms with van der Waals surface area (Å²) in [6.07, 6.45) is 2.32. The Morgan fingerprint density at radius 2 is 0.833 bits per heavy atom. The summed E-state index contributed by atoms with van der Waals surface area (Å²) < 4.78 is 11.4. The van der Waals surface area contributed by atoms with Crippen molar-refractivity contribution in [2.75, 3.05) is 0 Å². The van der Waals surface area contributed by atoms with Crippen molar-refractivity contribution in [1.29, 1.82) is 0 Å². The smallest absolute Gasteiger partial charge is 0.335 e. The summed E-state index contributed by atoms with van der Waals surface area (Å²) in [6, 6.07) is 50.4. The quantitative estimate of drug-likeness (QED) is 0.0657. The molecule has 0 bridgehead atoms. The Morgan fingerprint density at radius 1 is 0.479 bits per heavy atom. The van der Waals surface area contributed by atoms with Crippen molar-refractivity contribution in [1.82, 2.24) is 0 Å². The van der Waals surface area contributed by atoms with Crippen LogP contribution < -0.4 is 9.47 Å². The van der Waals surface area contributed by atoms with E-state index in [1.54, 1.807) is 0 Å². The van der Waals surface area contributed by atoms with Crippen LogP contribution in [-0.2, 0) is 15.0 Å². The van der Waals surface area contributed by atoms with E-state index in [9.17, 15) is 9.59 Å². The molecular formula is C44H34O4. The number of carbonyl (C=O) groups is 2. The Labute approximate surface area is 281 Å². The number of ether oxygens (including phenoxy) is 2. The van der Waals surface area contributed by atoms with Crippen LogP contribution in [0.3, 0.4) is 0 Å². The molecule has 6 aromatic rings. The van der Waals surface area contributed by atoms with Crippen LogP contribution in [0, 0.1) is 0 Å². The lowest BCUT2D eigenvalue weighted by atomic mass is 9.70. The molecule has 0 heterocycles. The Morgan fingerprint density at radius 3 is 1.23 bits per heavy atom. The summed E-state index contributed by atoms with van der Waals surface area (Å²) in [5, 5.41) is 0. The molecule has 0 aliphatic carbocycles. The number of carbonyl (C=O) groups excluding carboxylic acids is 2. The summed E-state index contributed by atoms with van der Waals surface area (Å²) in [4.78, 5) is 24.7. The molecule has 6 rings (SSSR count). The molecule has 0 aliphatic heterocycles. The molecular weight excluding hydrogens is 592 g/mol. The second kappa shape index (κ2) is 14.0. The molecule has 0 fully saturated rings. The third kappa shape index (κ3) is 6.51. The Hall–Kier alpha value is -6.26. The molecule has 0 amide bonds. The molecule has 0 saturated heterocycles. The van der Waals surface area contributed by atoms with Gasteiger partial charge in [-0.3, -0.25) is 0 Å². The first-order valence-corrected chi connectivity index (χ1v) is 15.6. The summed E-state index contributed by atoms with van der Waals surface area (Å²) >= 11 is 0. The van der Waals surface area contributed by atoms with Gasteiger partial charge in [0, 0.05) is 28.7 Å². The fourth-order valence-corrected chi connectivity index (χ4v) is 5.97. The summed E-state index contributed by atoms with van der Waals surface area (Å²) in [5.41, 5.74) is 7.89. The van der Waals surface area contributed by atoms with Crippen LogP contribution in [0.1, 0.15) is 23.6 Å². The van der Waals surface area contributed by atoms with E-state index in [1.807, 2.05) is 103 Å². The molecule has 0 spiro atoms. The third-order valence-electron chi connectivity index (χ3n) is 8.61.